The molecule has 0 heterocycles. The van der Waals surface area contributed by atoms with Crippen molar-refractivity contribution in [2.24, 2.45) is 5.73 Å². The molecule has 2 atom stereocenters. The van der Waals surface area contributed by atoms with E-state index < -0.39 is 13.9 Å². The third-order valence-corrected chi connectivity index (χ3v) is 10.9. The molecule has 0 saturated heterocycles. The van der Waals surface area contributed by atoms with Crippen LogP contribution in [0.15, 0.2) is 12.2 Å². The van der Waals surface area contributed by atoms with E-state index in [1.165, 1.54) is 173 Å². The first-order valence-electron chi connectivity index (χ1n) is 22.7. The molecule has 0 spiro atoms. The lowest BCUT2D eigenvalue weighted by molar-refractivity contribution is -0.154. The van der Waals surface area contributed by atoms with Crippen molar-refractivity contribution in [2.45, 2.75) is 232 Å². The molecule has 0 aliphatic rings. The van der Waals surface area contributed by atoms with E-state index in [0.717, 1.165) is 32.1 Å². The Labute approximate surface area is 328 Å². The summed E-state index contributed by atoms with van der Waals surface area (Å²) in [5.74, 6) is -0.327. The SMILES string of the molecule is CCCCCCCC/C=C\CCCCCCCCOCC(COP(=O)(O)OCCN)OC(=O)CCCCCCCCCCCCCCCCCCCC. The second kappa shape index (κ2) is 42.4. The molecule has 0 radical (unpaired) electrons. The number of hydrogen-bond donors (Lipinski definition) is 2. The summed E-state index contributed by atoms with van der Waals surface area (Å²) in [5, 5.41) is 0. The van der Waals surface area contributed by atoms with Crippen LogP contribution < -0.4 is 5.73 Å². The molecule has 53 heavy (non-hydrogen) atoms. The third kappa shape index (κ3) is 42.2. The lowest BCUT2D eigenvalue weighted by Crippen LogP contribution is -2.28. The van der Waals surface area contributed by atoms with Crippen molar-refractivity contribution in [3.63, 3.8) is 0 Å². The maximum Gasteiger partial charge on any atom is 0.472 e. The number of phosphoric acid groups is 1. The highest BCUT2D eigenvalue weighted by atomic mass is 31.2. The average Bonchev–Trinajstić information content (AvgIpc) is 3.15. The quantitative estimate of drug-likeness (QED) is 0.0272. The highest BCUT2D eigenvalue weighted by Gasteiger charge is 2.25. The zero-order valence-corrected chi connectivity index (χ0v) is 35.9. The number of ether oxygens (including phenoxy) is 2. The van der Waals surface area contributed by atoms with Gasteiger partial charge in [0, 0.05) is 19.6 Å². The summed E-state index contributed by atoms with van der Waals surface area (Å²) in [7, 11) is -4.27. The van der Waals surface area contributed by atoms with Gasteiger partial charge in [0.1, 0.15) is 6.10 Å². The van der Waals surface area contributed by atoms with Crippen molar-refractivity contribution in [1.29, 1.82) is 0 Å². The fourth-order valence-corrected chi connectivity index (χ4v) is 7.35. The molecular weight excluding hydrogens is 685 g/mol. The molecular formula is C44H88NO7P. The van der Waals surface area contributed by atoms with Gasteiger partial charge in [-0.1, -0.05) is 193 Å². The second-order valence-electron chi connectivity index (χ2n) is 15.3. The maximum atomic E-state index is 12.6. The Hall–Kier alpha value is -0.760. The van der Waals surface area contributed by atoms with Crippen LogP contribution in [0.2, 0.25) is 0 Å². The molecule has 0 fully saturated rings. The summed E-state index contributed by atoms with van der Waals surface area (Å²) >= 11 is 0. The Morgan fingerprint density at radius 3 is 1.38 bits per heavy atom. The minimum atomic E-state index is -4.27. The van der Waals surface area contributed by atoms with Crippen molar-refractivity contribution < 1.29 is 32.8 Å². The minimum absolute atomic E-state index is 0.0932. The largest absolute Gasteiger partial charge is 0.472 e. The number of rotatable bonds is 44. The van der Waals surface area contributed by atoms with E-state index in [1.54, 1.807) is 0 Å². The van der Waals surface area contributed by atoms with Crippen molar-refractivity contribution in [1.82, 2.24) is 0 Å². The predicted octanol–water partition coefficient (Wildman–Crippen LogP) is 13.5. The number of hydrogen-bond acceptors (Lipinski definition) is 7. The smallest absolute Gasteiger partial charge is 0.457 e. The van der Waals surface area contributed by atoms with Gasteiger partial charge in [0.2, 0.25) is 0 Å². The fraction of sp³-hybridized carbons (Fsp3) is 0.932. The second-order valence-corrected chi connectivity index (χ2v) is 16.7. The molecule has 0 aromatic rings. The van der Waals surface area contributed by atoms with E-state index in [1.807, 2.05) is 0 Å². The predicted molar refractivity (Wildman–Crippen MR) is 224 cm³/mol. The first-order chi connectivity index (χ1) is 25.9. The molecule has 0 aliphatic carbocycles. The van der Waals surface area contributed by atoms with Gasteiger partial charge in [-0.15, -0.1) is 0 Å². The van der Waals surface area contributed by atoms with Crippen LogP contribution in [-0.4, -0.2) is 49.9 Å². The van der Waals surface area contributed by atoms with E-state index >= 15 is 0 Å². The highest BCUT2D eigenvalue weighted by molar-refractivity contribution is 7.47. The molecule has 2 unspecified atom stereocenters. The number of unbranched alkanes of at least 4 members (excludes halogenated alkanes) is 29. The van der Waals surface area contributed by atoms with E-state index in [-0.39, 0.29) is 32.3 Å². The standard InChI is InChI=1S/C44H88NO7P/c1-3-5-7-9-11-13-15-17-19-21-22-23-25-27-29-31-33-35-37-44(46)52-43(42-51-53(47,48)50-40-38-45)41-49-39-36-34-32-30-28-26-24-20-18-16-14-12-10-8-6-4-2/h18,20,43H,3-17,19,21-42,45H2,1-2H3,(H,47,48)/b20-18-. The Balaban J connectivity index is 3.98. The number of carbonyl (C=O) groups is 1. The molecule has 0 aromatic carbocycles. The van der Waals surface area contributed by atoms with Gasteiger partial charge in [0.15, 0.2) is 0 Å². The van der Waals surface area contributed by atoms with Crippen LogP contribution >= 0.6 is 7.82 Å². The Kier molecular flexibility index (Phi) is 41.8. The van der Waals surface area contributed by atoms with Gasteiger partial charge < -0.3 is 20.1 Å². The average molecular weight is 774 g/mol. The lowest BCUT2D eigenvalue weighted by atomic mass is 10.0. The van der Waals surface area contributed by atoms with Crippen LogP contribution in [-0.2, 0) is 27.9 Å². The van der Waals surface area contributed by atoms with Crippen LogP contribution in [0.1, 0.15) is 226 Å². The zero-order chi connectivity index (χ0) is 38.8. The molecule has 3 N–H and O–H groups in total. The first-order valence-corrected chi connectivity index (χ1v) is 24.2. The van der Waals surface area contributed by atoms with E-state index in [9.17, 15) is 14.3 Å². The van der Waals surface area contributed by atoms with Crippen LogP contribution in [0.5, 0.6) is 0 Å². The highest BCUT2D eigenvalue weighted by Crippen LogP contribution is 2.43. The topological polar surface area (TPSA) is 117 Å². The Bertz CT molecular complexity index is 828. The zero-order valence-electron chi connectivity index (χ0n) is 35.0. The van der Waals surface area contributed by atoms with Crippen LogP contribution in [0.25, 0.3) is 0 Å². The molecule has 0 rings (SSSR count). The summed E-state index contributed by atoms with van der Waals surface area (Å²) in [6, 6.07) is 0. The Morgan fingerprint density at radius 1 is 0.547 bits per heavy atom. The lowest BCUT2D eigenvalue weighted by Gasteiger charge is -2.20. The fourth-order valence-electron chi connectivity index (χ4n) is 6.58. The van der Waals surface area contributed by atoms with Gasteiger partial charge in [0.05, 0.1) is 19.8 Å². The van der Waals surface area contributed by atoms with E-state index in [4.69, 9.17) is 24.3 Å². The van der Waals surface area contributed by atoms with Gasteiger partial charge in [0.25, 0.3) is 0 Å². The number of nitrogens with two attached hydrogens (primary N) is 1. The van der Waals surface area contributed by atoms with E-state index in [2.05, 4.69) is 26.0 Å². The number of allylic oxidation sites excluding steroid dienone is 2. The molecule has 316 valence electrons. The molecule has 0 aromatic heterocycles. The van der Waals surface area contributed by atoms with Crippen LogP contribution in [0.3, 0.4) is 0 Å². The molecule has 0 bridgehead atoms. The molecule has 8 nitrogen and oxygen atoms in total. The number of carbonyl (C=O) groups excluding carboxylic acids is 1. The van der Waals surface area contributed by atoms with Crippen molar-refractivity contribution in [2.75, 3.05) is 33.0 Å². The van der Waals surface area contributed by atoms with Gasteiger partial charge >= 0.3 is 13.8 Å². The summed E-state index contributed by atoms with van der Waals surface area (Å²) in [4.78, 5) is 22.5. The minimum Gasteiger partial charge on any atom is -0.457 e. The summed E-state index contributed by atoms with van der Waals surface area (Å²) in [5.41, 5.74) is 5.37. The number of esters is 1. The number of phosphoric ester groups is 1. The Morgan fingerprint density at radius 2 is 0.943 bits per heavy atom. The monoisotopic (exact) mass is 774 g/mol. The van der Waals surface area contributed by atoms with Crippen molar-refractivity contribution in [3.05, 3.63) is 12.2 Å². The summed E-state index contributed by atoms with van der Waals surface area (Å²) in [6.45, 7) is 4.95. The summed E-state index contributed by atoms with van der Waals surface area (Å²) in [6.07, 6.45) is 45.1. The van der Waals surface area contributed by atoms with Crippen LogP contribution in [0.4, 0.5) is 0 Å². The maximum absolute atomic E-state index is 12.6. The van der Waals surface area contributed by atoms with Gasteiger partial charge in [-0.2, -0.15) is 0 Å². The van der Waals surface area contributed by atoms with Crippen molar-refractivity contribution >= 4 is 13.8 Å². The molecule has 0 saturated carbocycles. The van der Waals surface area contributed by atoms with E-state index in [0.29, 0.717) is 13.0 Å². The summed E-state index contributed by atoms with van der Waals surface area (Å²) < 4.78 is 33.5. The third-order valence-electron chi connectivity index (χ3n) is 9.93. The van der Waals surface area contributed by atoms with Crippen LogP contribution in [0, 0.1) is 0 Å². The van der Waals surface area contributed by atoms with Gasteiger partial charge in [-0.05, 0) is 38.5 Å². The van der Waals surface area contributed by atoms with Crippen molar-refractivity contribution in [3.8, 4) is 0 Å². The molecule has 0 amide bonds. The normalized spacial score (nSPS) is 13.5. The molecule has 9 heteroatoms. The molecule has 0 aliphatic heterocycles. The van der Waals surface area contributed by atoms with Gasteiger partial charge in [-0.3, -0.25) is 13.8 Å². The van der Waals surface area contributed by atoms with Gasteiger partial charge in [-0.25, -0.2) is 4.57 Å². The first kappa shape index (κ1) is 52.2.